The third kappa shape index (κ3) is 11.2. The molecule has 12 nitrogen and oxygen atoms in total. The summed E-state index contributed by atoms with van der Waals surface area (Å²) in [4.78, 5) is 71.9. The van der Waals surface area contributed by atoms with Crippen LogP contribution in [0.25, 0.3) is 10.8 Å². The molecule has 2 aromatic carbocycles. The molecule has 12 heteroatoms. The first kappa shape index (κ1) is 37.7. The highest BCUT2D eigenvalue weighted by atomic mass is 16.2. The number of fused-ring (bicyclic) bond motifs is 1. The summed E-state index contributed by atoms with van der Waals surface area (Å²) in [5.74, 6) is -1.23. The van der Waals surface area contributed by atoms with Crippen molar-refractivity contribution >= 4 is 46.0 Å². The van der Waals surface area contributed by atoms with Crippen LogP contribution >= 0.6 is 0 Å². The summed E-state index contributed by atoms with van der Waals surface area (Å²) in [6, 6.07) is 12.1. The number of Topliss-reactive ketones (excluding diaryl/α,β-unsaturated/α-hetero) is 2. The number of amides is 3. The van der Waals surface area contributed by atoms with Gasteiger partial charge in [-0.2, -0.15) is 0 Å². The molecule has 258 valence electrons. The lowest BCUT2D eigenvalue weighted by atomic mass is 9.90. The van der Waals surface area contributed by atoms with Crippen molar-refractivity contribution < 1.29 is 24.0 Å². The molecule has 0 saturated carbocycles. The number of nitrogens with one attached hydrogen (secondary N) is 1. The van der Waals surface area contributed by atoms with Crippen LogP contribution in [0.5, 0.6) is 0 Å². The number of aliphatic imine (C=N–C) groups is 1. The second-order valence-electron chi connectivity index (χ2n) is 12.4. The van der Waals surface area contributed by atoms with E-state index in [1.807, 2.05) is 42.5 Å². The number of nitrogens with two attached hydrogens (primary N) is 4. The fraction of sp³-hybridized carbons (Fsp3) is 0.500. The van der Waals surface area contributed by atoms with Gasteiger partial charge in [-0.05, 0) is 61.4 Å². The molecule has 48 heavy (non-hydrogen) atoms. The molecular formula is C36H49N7O5. The smallest absolute Gasteiger partial charge is 0.227 e. The highest BCUT2D eigenvalue weighted by Gasteiger charge is 2.36. The van der Waals surface area contributed by atoms with Gasteiger partial charge in [0.25, 0.3) is 0 Å². The monoisotopic (exact) mass is 659 g/mol. The molecule has 0 unspecified atom stereocenters. The van der Waals surface area contributed by atoms with Gasteiger partial charge in [0.1, 0.15) is 0 Å². The minimum absolute atomic E-state index is 0.0109. The standard InChI is InChI=1S/C36H49N7O5/c1-2-10-26(34(38)47)21-31(44)29(16-8-19-41-36(39)40)42-35(48)27(12-5-6-18-37)22-32(45)30-17-9-20-43(30)33(46)23-25-14-7-13-24-11-3-4-15-28(24)25/h1,3-4,7,11,13-15,26-27,29-30H,5-6,8-10,12,16-23,37H2,(H2,38,47)(H,42,48)(H4,39,40,41)/t26-,27-,29+,30+/m1/s1. The number of rotatable bonds is 20. The molecule has 3 rings (SSSR count). The Morgan fingerprint density at radius 2 is 1.71 bits per heavy atom. The topological polar surface area (TPSA) is 217 Å². The zero-order valence-corrected chi connectivity index (χ0v) is 27.6. The molecule has 4 atom stereocenters. The third-order valence-corrected chi connectivity index (χ3v) is 8.86. The van der Waals surface area contributed by atoms with Gasteiger partial charge < -0.3 is 33.2 Å². The third-order valence-electron chi connectivity index (χ3n) is 8.86. The van der Waals surface area contributed by atoms with Crippen molar-refractivity contribution in [1.82, 2.24) is 10.2 Å². The number of primary amides is 1. The van der Waals surface area contributed by atoms with Crippen molar-refractivity contribution in [3.8, 4) is 12.3 Å². The molecule has 3 amide bonds. The number of likely N-dealkylation sites (tertiary alicyclic amines) is 1. The Kier molecular flexibility index (Phi) is 15.0. The van der Waals surface area contributed by atoms with Crippen LogP contribution < -0.4 is 28.3 Å². The maximum Gasteiger partial charge on any atom is 0.227 e. The molecule has 0 aromatic heterocycles. The maximum absolute atomic E-state index is 13.8. The van der Waals surface area contributed by atoms with Crippen LogP contribution in [0.1, 0.15) is 69.8 Å². The largest absolute Gasteiger partial charge is 0.370 e. The highest BCUT2D eigenvalue weighted by Crippen LogP contribution is 2.26. The molecule has 0 aliphatic carbocycles. The van der Waals surface area contributed by atoms with E-state index >= 15 is 0 Å². The van der Waals surface area contributed by atoms with Crippen molar-refractivity contribution in [1.29, 1.82) is 0 Å². The summed E-state index contributed by atoms with van der Waals surface area (Å²) in [6.07, 6.45) is 8.62. The molecule has 0 radical (unpaired) electrons. The number of hydrogen-bond donors (Lipinski definition) is 5. The van der Waals surface area contributed by atoms with Gasteiger partial charge in [-0.1, -0.05) is 48.9 Å². The Morgan fingerprint density at radius 3 is 2.42 bits per heavy atom. The summed E-state index contributed by atoms with van der Waals surface area (Å²) < 4.78 is 0. The number of carbonyl (C=O) groups excluding carboxylic acids is 5. The van der Waals surface area contributed by atoms with Crippen LogP contribution in [-0.2, 0) is 30.4 Å². The Labute approximate surface area is 282 Å². The van der Waals surface area contributed by atoms with E-state index in [1.165, 1.54) is 0 Å². The van der Waals surface area contributed by atoms with Crippen LogP contribution in [0.4, 0.5) is 0 Å². The summed E-state index contributed by atoms with van der Waals surface area (Å²) in [7, 11) is 0. The van der Waals surface area contributed by atoms with E-state index in [2.05, 4.69) is 16.2 Å². The number of unbranched alkanes of at least 4 members (excludes halogenated alkanes) is 1. The van der Waals surface area contributed by atoms with E-state index in [-0.39, 0.29) is 56.3 Å². The lowest BCUT2D eigenvalue weighted by Crippen LogP contribution is -2.46. The normalized spacial score (nSPS) is 16.0. The molecule has 1 heterocycles. The summed E-state index contributed by atoms with van der Waals surface area (Å²) >= 11 is 0. The van der Waals surface area contributed by atoms with Gasteiger partial charge in [-0.25, -0.2) is 0 Å². The minimum atomic E-state index is -0.969. The molecular weight excluding hydrogens is 610 g/mol. The Bertz CT molecular complexity index is 1510. The fourth-order valence-electron chi connectivity index (χ4n) is 6.26. The number of terminal acetylenes is 1. The van der Waals surface area contributed by atoms with E-state index < -0.39 is 41.5 Å². The number of hydrogen-bond acceptors (Lipinski definition) is 7. The first-order valence-electron chi connectivity index (χ1n) is 16.7. The summed E-state index contributed by atoms with van der Waals surface area (Å²) in [5, 5.41) is 4.87. The van der Waals surface area contributed by atoms with Crippen LogP contribution in [0.3, 0.4) is 0 Å². The van der Waals surface area contributed by atoms with Gasteiger partial charge in [0, 0.05) is 38.3 Å². The number of ketones is 2. The van der Waals surface area contributed by atoms with Crippen LogP contribution in [-0.4, -0.2) is 71.9 Å². The van der Waals surface area contributed by atoms with Crippen molar-refractivity contribution in [2.24, 2.45) is 39.8 Å². The minimum Gasteiger partial charge on any atom is -0.370 e. The van der Waals surface area contributed by atoms with E-state index in [9.17, 15) is 24.0 Å². The molecule has 1 saturated heterocycles. The fourth-order valence-corrected chi connectivity index (χ4v) is 6.26. The molecule has 0 spiro atoms. The van der Waals surface area contributed by atoms with Crippen LogP contribution in [0.15, 0.2) is 47.5 Å². The van der Waals surface area contributed by atoms with Crippen molar-refractivity contribution in [2.45, 2.75) is 82.7 Å². The molecule has 0 bridgehead atoms. The van der Waals surface area contributed by atoms with Crippen molar-refractivity contribution in [3.63, 3.8) is 0 Å². The quantitative estimate of drug-likeness (QED) is 0.0608. The number of guanidine groups is 1. The van der Waals surface area contributed by atoms with E-state index in [0.29, 0.717) is 51.6 Å². The zero-order valence-electron chi connectivity index (χ0n) is 27.6. The predicted octanol–water partition coefficient (Wildman–Crippen LogP) is 1.70. The second-order valence-corrected chi connectivity index (χ2v) is 12.4. The Balaban J connectivity index is 1.75. The molecule has 1 aliphatic heterocycles. The predicted molar refractivity (Wildman–Crippen MR) is 186 cm³/mol. The summed E-state index contributed by atoms with van der Waals surface area (Å²) in [5.41, 5.74) is 22.9. The van der Waals surface area contributed by atoms with E-state index in [4.69, 9.17) is 29.4 Å². The molecule has 1 fully saturated rings. The zero-order chi connectivity index (χ0) is 35.1. The lowest BCUT2D eigenvalue weighted by Gasteiger charge is -2.27. The van der Waals surface area contributed by atoms with Crippen molar-refractivity contribution in [2.75, 3.05) is 19.6 Å². The SMILES string of the molecule is C#CC[C@H](CC(=O)[C@H](CCCN=C(N)N)NC(=O)[C@H](CCCCN)CC(=O)[C@@H]1CCCN1C(=O)Cc1cccc2ccccc12)C(N)=O. The Morgan fingerprint density at radius 1 is 0.958 bits per heavy atom. The first-order valence-corrected chi connectivity index (χ1v) is 16.7. The van der Waals surface area contributed by atoms with Crippen LogP contribution in [0, 0.1) is 24.2 Å². The molecule has 2 aromatic rings. The van der Waals surface area contributed by atoms with Crippen molar-refractivity contribution in [3.05, 3.63) is 48.0 Å². The summed E-state index contributed by atoms with van der Waals surface area (Å²) in [6.45, 7) is 1.13. The van der Waals surface area contributed by atoms with Gasteiger partial charge in [0.2, 0.25) is 17.7 Å². The number of nitrogens with zero attached hydrogens (tertiary/aromatic N) is 2. The Hall–Kier alpha value is -4.76. The number of benzene rings is 2. The maximum atomic E-state index is 13.8. The first-order chi connectivity index (χ1) is 23.0. The van der Waals surface area contributed by atoms with E-state index in [0.717, 1.165) is 16.3 Å². The second kappa shape index (κ2) is 19.2. The van der Waals surface area contributed by atoms with E-state index in [1.54, 1.807) is 4.90 Å². The number of carbonyl (C=O) groups is 5. The molecule has 9 N–H and O–H groups in total. The van der Waals surface area contributed by atoms with Gasteiger partial charge in [-0.15, -0.1) is 12.3 Å². The van der Waals surface area contributed by atoms with Gasteiger partial charge in [0.05, 0.1) is 24.4 Å². The van der Waals surface area contributed by atoms with Crippen LogP contribution in [0.2, 0.25) is 0 Å². The van der Waals surface area contributed by atoms with Gasteiger partial charge in [-0.3, -0.25) is 29.0 Å². The van der Waals surface area contributed by atoms with Gasteiger partial charge in [0.15, 0.2) is 17.5 Å². The van der Waals surface area contributed by atoms with Gasteiger partial charge >= 0.3 is 0 Å². The molecule has 1 aliphatic rings. The highest BCUT2D eigenvalue weighted by molar-refractivity contribution is 5.96. The lowest BCUT2D eigenvalue weighted by molar-refractivity contribution is -0.138. The average Bonchev–Trinajstić information content (AvgIpc) is 3.56. The average molecular weight is 660 g/mol.